The molecule has 1 fully saturated rings. The van der Waals surface area contributed by atoms with Crippen LogP contribution < -0.4 is 10.6 Å². The van der Waals surface area contributed by atoms with Crippen LogP contribution >= 0.6 is 0 Å². The fourth-order valence-electron chi connectivity index (χ4n) is 3.38. The molecule has 3 aromatic rings. The summed E-state index contributed by atoms with van der Waals surface area (Å²) in [6.45, 7) is 1.14. The molecular weight excluding hydrogens is 375 g/mol. The first kappa shape index (κ1) is 18.1. The minimum Gasteiger partial charge on any atom is -0.364 e. The number of anilines is 1. The molecule has 146 valence electrons. The molecule has 4 heterocycles. The Morgan fingerprint density at radius 1 is 1.21 bits per heavy atom. The number of amides is 1. The lowest BCUT2D eigenvalue weighted by Gasteiger charge is -2.32. The van der Waals surface area contributed by atoms with Gasteiger partial charge in [-0.25, -0.2) is 4.98 Å². The van der Waals surface area contributed by atoms with Crippen molar-refractivity contribution in [2.24, 2.45) is 5.73 Å². The van der Waals surface area contributed by atoms with E-state index in [0.29, 0.717) is 30.4 Å². The third-order valence-electron chi connectivity index (χ3n) is 4.74. The second kappa shape index (κ2) is 6.73. The maximum atomic E-state index is 13.1. The lowest BCUT2D eigenvalue weighted by atomic mass is 9.97. The highest BCUT2D eigenvalue weighted by molar-refractivity contribution is 5.90. The fraction of sp³-hybridized carbons (Fsp3) is 0.353. The molecule has 8 nitrogen and oxygen atoms in total. The molecule has 1 amide bonds. The van der Waals surface area contributed by atoms with Crippen LogP contribution in [0.1, 0.15) is 40.6 Å². The number of pyridine rings is 1. The van der Waals surface area contributed by atoms with Crippen LogP contribution in [0.15, 0.2) is 30.7 Å². The third kappa shape index (κ3) is 3.35. The number of primary amides is 1. The zero-order valence-corrected chi connectivity index (χ0v) is 14.6. The summed E-state index contributed by atoms with van der Waals surface area (Å²) in [4.78, 5) is 21.5. The van der Waals surface area contributed by atoms with Crippen molar-refractivity contribution >= 4 is 17.4 Å². The van der Waals surface area contributed by atoms with Gasteiger partial charge in [0, 0.05) is 25.2 Å². The van der Waals surface area contributed by atoms with Gasteiger partial charge in [-0.2, -0.15) is 13.2 Å². The van der Waals surface area contributed by atoms with Crippen LogP contribution in [0.5, 0.6) is 0 Å². The van der Waals surface area contributed by atoms with Gasteiger partial charge in [0.15, 0.2) is 5.65 Å². The van der Waals surface area contributed by atoms with Crippen molar-refractivity contribution in [2.75, 3.05) is 18.0 Å². The largest absolute Gasteiger partial charge is 0.417 e. The molecule has 0 saturated carbocycles. The van der Waals surface area contributed by atoms with Gasteiger partial charge < -0.3 is 10.6 Å². The van der Waals surface area contributed by atoms with Crippen LogP contribution in [0, 0.1) is 0 Å². The zero-order chi connectivity index (χ0) is 19.9. The van der Waals surface area contributed by atoms with Crippen molar-refractivity contribution < 1.29 is 18.0 Å². The Bertz CT molecular complexity index is 1030. The Labute approximate surface area is 157 Å². The van der Waals surface area contributed by atoms with E-state index in [9.17, 15) is 18.0 Å². The number of alkyl halides is 3. The Hall–Kier alpha value is -3.24. The van der Waals surface area contributed by atoms with Gasteiger partial charge in [-0.15, -0.1) is 10.2 Å². The Balaban J connectivity index is 1.65. The molecule has 11 heteroatoms. The monoisotopic (exact) mass is 391 g/mol. The van der Waals surface area contributed by atoms with Crippen molar-refractivity contribution in [3.05, 3.63) is 47.8 Å². The van der Waals surface area contributed by atoms with Crippen LogP contribution in [-0.4, -0.2) is 43.6 Å². The number of nitrogens with two attached hydrogens (primary N) is 1. The maximum Gasteiger partial charge on any atom is 0.417 e. The van der Waals surface area contributed by atoms with Crippen molar-refractivity contribution in [1.29, 1.82) is 0 Å². The minimum atomic E-state index is -4.45. The van der Waals surface area contributed by atoms with Crippen LogP contribution in [0.2, 0.25) is 0 Å². The normalized spacial score (nSPS) is 17.8. The third-order valence-corrected chi connectivity index (χ3v) is 4.74. The van der Waals surface area contributed by atoms with E-state index in [0.717, 1.165) is 25.1 Å². The SMILES string of the molecule is NC(=O)c1cncc(N2CCCC(c3nnc4ccc(C(F)(F)F)cn34)C2)n1. The average molecular weight is 391 g/mol. The Morgan fingerprint density at radius 2 is 2.04 bits per heavy atom. The van der Waals surface area contributed by atoms with Crippen LogP contribution in [0.3, 0.4) is 0 Å². The standard InChI is InChI=1S/C17H16F3N7O/c18-17(19,20)11-3-4-13-24-25-16(27(13)9-11)10-2-1-5-26(8-10)14-7-22-6-12(23-14)15(21)28/h3-4,6-7,9-10H,1-2,5,8H2,(H2,21,28). The van der Waals surface area contributed by atoms with Crippen LogP contribution in [0.4, 0.5) is 19.0 Å². The van der Waals surface area contributed by atoms with E-state index >= 15 is 0 Å². The Morgan fingerprint density at radius 3 is 2.79 bits per heavy atom. The number of aromatic nitrogens is 5. The summed E-state index contributed by atoms with van der Waals surface area (Å²) in [7, 11) is 0. The molecule has 1 aliphatic heterocycles. The molecule has 2 N–H and O–H groups in total. The van der Waals surface area contributed by atoms with E-state index in [-0.39, 0.29) is 11.6 Å². The summed E-state index contributed by atoms with van der Waals surface area (Å²) in [5.41, 5.74) is 4.91. The topological polar surface area (TPSA) is 102 Å². The summed E-state index contributed by atoms with van der Waals surface area (Å²) in [5.74, 6) is 0.132. The molecule has 0 aliphatic carbocycles. The lowest BCUT2D eigenvalue weighted by molar-refractivity contribution is -0.137. The number of rotatable bonds is 3. The van der Waals surface area contributed by atoms with Gasteiger partial charge >= 0.3 is 6.18 Å². The van der Waals surface area contributed by atoms with Crippen LogP contribution in [0.25, 0.3) is 5.65 Å². The number of hydrogen-bond donors (Lipinski definition) is 1. The first-order valence-electron chi connectivity index (χ1n) is 8.61. The van der Waals surface area contributed by atoms with Crippen molar-refractivity contribution in [1.82, 2.24) is 24.6 Å². The predicted molar refractivity (Wildman–Crippen MR) is 92.7 cm³/mol. The number of fused-ring (bicyclic) bond motifs is 1. The van der Waals surface area contributed by atoms with Gasteiger partial charge in [-0.3, -0.25) is 14.2 Å². The predicted octanol–water partition coefficient (Wildman–Crippen LogP) is 2.02. The van der Waals surface area contributed by atoms with Crippen LogP contribution in [-0.2, 0) is 6.18 Å². The van der Waals surface area contributed by atoms with E-state index in [1.807, 2.05) is 4.90 Å². The molecule has 4 rings (SSSR count). The maximum absolute atomic E-state index is 13.1. The molecule has 0 aromatic carbocycles. The van der Waals surface area contributed by atoms with Gasteiger partial charge in [0.2, 0.25) is 0 Å². The number of nitrogens with zero attached hydrogens (tertiary/aromatic N) is 6. The molecule has 1 saturated heterocycles. The van der Waals surface area contributed by atoms with E-state index in [4.69, 9.17) is 5.73 Å². The number of piperidine rings is 1. The summed E-state index contributed by atoms with van der Waals surface area (Å²) in [5, 5.41) is 8.11. The van der Waals surface area contributed by atoms with Gasteiger partial charge in [-0.1, -0.05) is 0 Å². The Kier molecular flexibility index (Phi) is 4.36. The second-order valence-corrected chi connectivity index (χ2v) is 6.61. The summed E-state index contributed by atoms with van der Waals surface area (Å²) in [6, 6.07) is 2.30. The fourth-order valence-corrected chi connectivity index (χ4v) is 3.38. The summed E-state index contributed by atoms with van der Waals surface area (Å²) in [6.07, 6.45) is 0.921. The van der Waals surface area contributed by atoms with Gasteiger partial charge in [0.1, 0.15) is 17.3 Å². The number of hydrogen-bond acceptors (Lipinski definition) is 6. The first-order valence-corrected chi connectivity index (χ1v) is 8.61. The molecule has 3 aromatic heterocycles. The van der Waals surface area contributed by atoms with Crippen molar-refractivity contribution in [3.63, 3.8) is 0 Å². The van der Waals surface area contributed by atoms with E-state index < -0.39 is 17.6 Å². The molecular formula is C17H16F3N7O. The quantitative estimate of drug-likeness (QED) is 0.733. The average Bonchev–Trinajstić information content (AvgIpc) is 3.11. The number of carbonyl (C=O) groups is 1. The summed E-state index contributed by atoms with van der Waals surface area (Å²) < 4.78 is 40.6. The molecule has 28 heavy (non-hydrogen) atoms. The molecule has 0 bridgehead atoms. The van der Waals surface area contributed by atoms with E-state index in [2.05, 4.69) is 20.2 Å². The minimum absolute atomic E-state index is 0.0578. The molecule has 1 unspecified atom stereocenters. The molecule has 1 atom stereocenters. The highest BCUT2D eigenvalue weighted by atomic mass is 19.4. The van der Waals surface area contributed by atoms with Gasteiger partial charge in [0.05, 0.1) is 18.0 Å². The molecule has 0 spiro atoms. The highest BCUT2D eigenvalue weighted by Gasteiger charge is 2.32. The first-order chi connectivity index (χ1) is 13.3. The molecule has 1 aliphatic rings. The van der Waals surface area contributed by atoms with Crippen molar-refractivity contribution in [3.8, 4) is 0 Å². The van der Waals surface area contributed by atoms with E-state index in [1.54, 1.807) is 0 Å². The molecule has 0 radical (unpaired) electrons. The smallest absolute Gasteiger partial charge is 0.364 e. The number of carbonyl (C=O) groups excluding carboxylic acids is 1. The van der Waals surface area contributed by atoms with Gasteiger partial charge in [-0.05, 0) is 25.0 Å². The summed E-state index contributed by atoms with van der Waals surface area (Å²) >= 11 is 0. The zero-order valence-electron chi connectivity index (χ0n) is 14.6. The number of halogens is 3. The second-order valence-electron chi connectivity index (χ2n) is 6.61. The van der Waals surface area contributed by atoms with E-state index in [1.165, 1.54) is 22.9 Å². The lowest BCUT2D eigenvalue weighted by Crippen LogP contribution is -2.36. The van der Waals surface area contributed by atoms with Crippen molar-refractivity contribution in [2.45, 2.75) is 24.9 Å². The highest BCUT2D eigenvalue weighted by Crippen LogP contribution is 2.32. The van der Waals surface area contributed by atoms with Gasteiger partial charge in [0.25, 0.3) is 5.91 Å².